The number of benzene rings is 1. The third-order valence-electron chi connectivity index (χ3n) is 2.96. The predicted molar refractivity (Wildman–Crippen MR) is 73.5 cm³/mol. The molecule has 1 aromatic heterocycles. The Bertz CT molecular complexity index is 607. The lowest BCUT2D eigenvalue weighted by atomic mass is 10.0. The molecule has 0 spiro atoms. The van der Waals surface area contributed by atoms with E-state index in [4.69, 9.17) is 4.42 Å². The number of rotatable bonds is 3. The molecule has 1 unspecified atom stereocenters. The summed E-state index contributed by atoms with van der Waals surface area (Å²) in [6, 6.07) is 7.28. The van der Waals surface area contributed by atoms with Crippen LogP contribution in [0.4, 0.5) is 13.2 Å². The first-order valence-corrected chi connectivity index (χ1v) is 6.72. The Morgan fingerprint density at radius 3 is 2.40 bits per heavy atom. The van der Waals surface area contributed by atoms with Gasteiger partial charge in [0.25, 0.3) is 0 Å². The molecule has 108 valence electrons. The van der Waals surface area contributed by atoms with E-state index >= 15 is 0 Å². The minimum atomic E-state index is -4.40. The van der Waals surface area contributed by atoms with E-state index in [0.717, 1.165) is 6.07 Å². The first-order chi connectivity index (χ1) is 9.32. The molecule has 0 bridgehead atoms. The number of furan rings is 1. The van der Waals surface area contributed by atoms with Crippen LogP contribution < -0.4 is 5.32 Å². The molecular formula is C14H13BrF3NO. The van der Waals surface area contributed by atoms with Crippen molar-refractivity contribution in [3.63, 3.8) is 0 Å². The number of hydrogen-bond donors (Lipinski definition) is 1. The van der Waals surface area contributed by atoms with Crippen LogP contribution >= 0.6 is 15.9 Å². The van der Waals surface area contributed by atoms with Crippen LogP contribution in [0.15, 0.2) is 39.2 Å². The average Bonchev–Trinajstić information content (AvgIpc) is 2.77. The van der Waals surface area contributed by atoms with Gasteiger partial charge < -0.3 is 9.73 Å². The zero-order chi connectivity index (χ0) is 14.9. The minimum absolute atomic E-state index is 0.0271. The summed E-state index contributed by atoms with van der Waals surface area (Å²) in [6.45, 7) is 1.79. The van der Waals surface area contributed by atoms with Crippen molar-refractivity contribution >= 4 is 15.9 Å². The fourth-order valence-corrected chi connectivity index (χ4v) is 2.49. The van der Waals surface area contributed by atoms with E-state index in [1.54, 1.807) is 32.2 Å². The first-order valence-electron chi connectivity index (χ1n) is 5.93. The Hall–Kier alpha value is -1.27. The number of hydrogen-bond acceptors (Lipinski definition) is 2. The van der Waals surface area contributed by atoms with Gasteiger partial charge in [-0.15, -0.1) is 0 Å². The molecule has 1 aromatic carbocycles. The van der Waals surface area contributed by atoms with Crippen LogP contribution in [0.1, 0.15) is 28.7 Å². The Balaban J connectivity index is 2.46. The van der Waals surface area contributed by atoms with Gasteiger partial charge in [0.05, 0.1) is 11.6 Å². The third kappa shape index (κ3) is 3.07. The molecule has 2 nitrogen and oxygen atoms in total. The van der Waals surface area contributed by atoms with Crippen LogP contribution in [0.2, 0.25) is 0 Å². The van der Waals surface area contributed by atoms with Gasteiger partial charge in [-0.1, -0.05) is 22.0 Å². The molecular weight excluding hydrogens is 335 g/mol. The lowest BCUT2D eigenvalue weighted by Gasteiger charge is -2.17. The van der Waals surface area contributed by atoms with Crippen molar-refractivity contribution < 1.29 is 17.6 Å². The maximum absolute atomic E-state index is 12.9. The summed E-state index contributed by atoms with van der Waals surface area (Å²) in [5.74, 6) is 1.30. The highest BCUT2D eigenvalue weighted by Crippen LogP contribution is 2.37. The lowest BCUT2D eigenvalue weighted by molar-refractivity contribution is -0.138. The van der Waals surface area contributed by atoms with Gasteiger partial charge in [-0.3, -0.25) is 0 Å². The second kappa shape index (κ2) is 5.61. The Morgan fingerprint density at radius 1 is 1.20 bits per heavy atom. The number of halogens is 4. The monoisotopic (exact) mass is 347 g/mol. The molecule has 0 saturated carbocycles. The molecule has 0 radical (unpaired) electrons. The molecule has 6 heteroatoms. The molecule has 0 aliphatic heterocycles. The molecule has 20 heavy (non-hydrogen) atoms. The van der Waals surface area contributed by atoms with E-state index in [9.17, 15) is 13.2 Å². The molecule has 0 aliphatic rings. The fourth-order valence-electron chi connectivity index (χ4n) is 2.02. The van der Waals surface area contributed by atoms with Crippen molar-refractivity contribution in [1.82, 2.24) is 5.32 Å². The molecule has 1 atom stereocenters. The van der Waals surface area contributed by atoms with Crippen LogP contribution in [0.25, 0.3) is 0 Å². The highest BCUT2D eigenvalue weighted by Gasteiger charge is 2.33. The Kier molecular flexibility index (Phi) is 4.25. The van der Waals surface area contributed by atoms with Gasteiger partial charge in [0.15, 0.2) is 0 Å². The standard InChI is InChI=1S/C14H13BrF3NO/c1-8-3-6-12(20-8)13(19-2)9-4-5-11(15)10(7-9)14(16,17)18/h3-7,13,19H,1-2H3. The van der Waals surface area contributed by atoms with Gasteiger partial charge in [0, 0.05) is 4.47 Å². The van der Waals surface area contributed by atoms with Crippen LogP contribution in [0.5, 0.6) is 0 Å². The summed E-state index contributed by atoms with van der Waals surface area (Å²) in [5, 5.41) is 2.97. The van der Waals surface area contributed by atoms with E-state index in [-0.39, 0.29) is 4.47 Å². The van der Waals surface area contributed by atoms with E-state index in [2.05, 4.69) is 21.2 Å². The zero-order valence-electron chi connectivity index (χ0n) is 10.9. The highest BCUT2D eigenvalue weighted by atomic mass is 79.9. The Morgan fingerprint density at radius 2 is 1.90 bits per heavy atom. The van der Waals surface area contributed by atoms with Gasteiger partial charge in [0.1, 0.15) is 11.5 Å². The first kappa shape index (κ1) is 15.1. The molecule has 0 fully saturated rings. The second-order valence-electron chi connectivity index (χ2n) is 4.41. The van der Waals surface area contributed by atoms with Crippen molar-refractivity contribution in [2.45, 2.75) is 19.1 Å². The SMILES string of the molecule is CNC(c1ccc(Br)c(C(F)(F)F)c1)c1ccc(C)o1. The quantitative estimate of drug-likeness (QED) is 0.872. The summed E-state index contributed by atoms with van der Waals surface area (Å²) < 4.78 is 44.3. The van der Waals surface area contributed by atoms with Gasteiger partial charge in [0.2, 0.25) is 0 Å². The van der Waals surface area contributed by atoms with Crippen LogP contribution in [-0.4, -0.2) is 7.05 Å². The predicted octanol–water partition coefficient (Wildman–Crippen LogP) is 4.68. The van der Waals surface area contributed by atoms with Crippen molar-refractivity contribution in [1.29, 1.82) is 0 Å². The smallest absolute Gasteiger partial charge is 0.417 e. The number of alkyl halides is 3. The topological polar surface area (TPSA) is 25.2 Å². The van der Waals surface area contributed by atoms with Crippen molar-refractivity contribution in [3.8, 4) is 0 Å². The maximum atomic E-state index is 12.9. The summed E-state index contributed by atoms with van der Waals surface area (Å²) in [7, 11) is 1.68. The summed E-state index contributed by atoms with van der Waals surface area (Å²) in [6.07, 6.45) is -4.40. The highest BCUT2D eigenvalue weighted by molar-refractivity contribution is 9.10. The van der Waals surface area contributed by atoms with E-state index in [1.165, 1.54) is 6.07 Å². The number of aryl methyl sites for hydroxylation is 1. The zero-order valence-corrected chi connectivity index (χ0v) is 12.5. The average molecular weight is 348 g/mol. The molecule has 0 aliphatic carbocycles. The summed E-state index contributed by atoms with van der Waals surface area (Å²) >= 11 is 2.93. The van der Waals surface area contributed by atoms with E-state index in [0.29, 0.717) is 17.1 Å². The van der Waals surface area contributed by atoms with Crippen LogP contribution in [-0.2, 0) is 6.18 Å². The van der Waals surface area contributed by atoms with E-state index in [1.807, 2.05) is 0 Å². The molecule has 2 aromatic rings. The minimum Gasteiger partial charge on any atom is -0.464 e. The Labute approximate surface area is 123 Å². The fraction of sp³-hybridized carbons (Fsp3) is 0.286. The van der Waals surface area contributed by atoms with Gasteiger partial charge in [-0.05, 0) is 43.8 Å². The van der Waals surface area contributed by atoms with E-state index < -0.39 is 17.8 Å². The normalized spacial score (nSPS) is 13.5. The lowest BCUT2D eigenvalue weighted by Crippen LogP contribution is -2.18. The number of nitrogens with one attached hydrogen (secondary N) is 1. The van der Waals surface area contributed by atoms with Crippen molar-refractivity contribution in [2.75, 3.05) is 7.05 Å². The molecule has 1 heterocycles. The largest absolute Gasteiger partial charge is 0.464 e. The summed E-state index contributed by atoms with van der Waals surface area (Å²) in [4.78, 5) is 0. The third-order valence-corrected chi connectivity index (χ3v) is 3.65. The maximum Gasteiger partial charge on any atom is 0.417 e. The van der Waals surface area contributed by atoms with Crippen LogP contribution in [0, 0.1) is 6.92 Å². The summed E-state index contributed by atoms with van der Waals surface area (Å²) in [5.41, 5.74) is -0.198. The van der Waals surface area contributed by atoms with Crippen molar-refractivity contribution in [2.24, 2.45) is 0 Å². The second-order valence-corrected chi connectivity index (χ2v) is 5.26. The van der Waals surface area contributed by atoms with Gasteiger partial charge in [-0.25, -0.2) is 0 Å². The molecule has 2 rings (SSSR count). The van der Waals surface area contributed by atoms with Crippen molar-refractivity contribution in [3.05, 3.63) is 57.5 Å². The van der Waals surface area contributed by atoms with Gasteiger partial charge in [-0.2, -0.15) is 13.2 Å². The molecule has 0 amide bonds. The van der Waals surface area contributed by atoms with Gasteiger partial charge >= 0.3 is 6.18 Å². The van der Waals surface area contributed by atoms with Crippen LogP contribution in [0.3, 0.4) is 0 Å². The molecule has 0 saturated heterocycles. The molecule has 1 N–H and O–H groups in total.